The number of nitrogens with two attached hydrogens (primary N) is 1. The van der Waals surface area contributed by atoms with Crippen molar-refractivity contribution >= 4 is 23.3 Å². The maximum atomic E-state index is 11.3. The zero-order chi connectivity index (χ0) is 32.7. The predicted octanol–water partition coefficient (Wildman–Crippen LogP) is 5.94. The maximum Gasteiger partial charge on any atom is 0.252 e. The number of allylic oxidation sites excluding steroid dienone is 1. The van der Waals surface area contributed by atoms with Crippen LogP contribution in [0.25, 0.3) is 11.1 Å². The number of ether oxygens (including phenoxy) is 2. The van der Waals surface area contributed by atoms with Gasteiger partial charge in [0.1, 0.15) is 30.5 Å². The number of nitrogens with zero attached hydrogens (tertiary/aromatic N) is 2. The van der Waals surface area contributed by atoms with E-state index < -0.39 is 5.91 Å². The highest BCUT2D eigenvalue weighted by molar-refractivity contribution is 5.99. The standard InChI is InChI=1S/C37H41N3O6/c1-3-33(28-7-5-4-6-8-28)36(29-10-14-31(41)15-11-29)30-12-16-32(17-13-30)45-22-20-40(2)19-21-44-23-24-46-39-26-27-9-18-35(42)34(25-27)37(38)43/h4-18,25-26,41-42H,3,19-24H2,1-2H3,(H2,38,43). The average molecular weight is 624 g/mol. The van der Waals surface area contributed by atoms with Gasteiger partial charge in [-0.1, -0.05) is 66.7 Å². The molecule has 0 fully saturated rings. The number of aromatic hydroxyl groups is 2. The van der Waals surface area contributed by atoms with Crippen molar-refractivity contribution < 1.29 is 29.3 Å². The van der Waals surface area contributed by atoms with Crippen molar-refractivity contribution in [2.75, 3.05) is 46.6 Å². The van der Waals surface area contributed by atoms with Crippen molar-refractivity contribution in [3.8, 4) is 17.2 Å². The number of rotatable bonds is 17. The van der Waals surface area contributed by atoms with Gasteiger partial charge in [-0.05, 0) is 89.3 Å². The van der Waals surface area contributed by atoms with E-state index in [-0.39, 0.29) is 23.7 Å². The second-order valence-electron chi connectivity index (χ2n) is 10.6. The smallest absolute Gasteiger partial charge is 0.252 e. The lowest BCUT2D eigenvalue weighted by molar-refractivity contribution is 0.0430. The Bertz CT molecular complexity index is 1600. The summed E-state index contributed by atoms with van der Waals surface area (Å²) in [4.78, 5) is 18.7. The molecule has 9 nitrogen and oxygen atoms in total. The van der Waals surface area contributed by atoms with Crippen molar-refractivity contribution in [2.45, 2.75) is 13.3 Å². The molecule has 0 unspecified atom stereocenters. The zero-order valence-electron chi connectivity index (χ0n) is 26.3. The first kappa shape index (κ1) is 33.8. The van der Waals surface area contributed by atoms with Gasteiger partial charge in [0.15, 0.2) is 0 Å². The molecule has 4 rings (SSSR count). The fourth-order valence-electron chi connectivity index (χ4n) is 4.86. The molecule has 46 heavy (non-hydrogen) atoms. The van der Waals surface area contributed by atoms with Crippen molar-refractivity contribution in [2.24, 2.45) is 10.9 Å². The second-order valence-corrected chi connectivity index (χ2v) is 10.6. The number of benzene rings is 4. The van der Waals surface area contributed by atoms with Crippen LogP contribution in [0.3, 0.4) is 0 Å². The van der Waals surface area contributed by atoms with E-state index in [0.717, 1.165) is 42.0 Å². The molecule has 0 saturated heterocycles. The van der Waals surface area contributed by atoms with E-state index in [0.29, 0.717) is 25.4 Å². The van der Waals surface area contributed by atoms with Crippen LogP contribution in [-0.2, 0) is 9.57 Å². The number of phenolic OH excluding ortho intramolecular Hbond substituents is 1. The number of carbonyl (C=O) groups excluding carboxylic acids is 1. The summed E-state index contributed by atoms with van der Waals surface area (Å²) in [6, 6.07) is 30.3. The summed E-state index contributed by atoms with van der Waals surface area (Å²) in [6.45, 7) is 5.34. The van der Waals surface area contributed by atoms with Crippen molar-refractivity contribution in [3.63, 3.8) is 0 Å². The van der Waals surface area contributed by atoms with Gasteiger partial charge in [-0.15, -0.1) is 0 Å². The van der Waals surface area contributed by atoms with Gasteiger partial charge in [0.05, 0.1) is 25.0 Å². The lowest BCUT2D eigenvalue weighted by Gasteiger charge is -2.18. The Morgan fingerprint density at radius 1 is 0.826 bits per heavy atom. The Morgan fingerprint density at radius 2 is 1.50 bits per heavy atom. The molecule has 9 heteroatoms. The summed E-state index contributed by atoms with van der Waals surface area (Å²) < 4.78 is 11.7. The third-order valence-electron chi connectivity index (χ3n) is 7.32. The van der Waals surface area contributed by atoms with Gasteiger partial charge < -0.3 is 35.2 Å². The Morgan fingerprint density at radius 3 is 2.17 bits per heavy atom. The molecule has 4 aromatic carbocycles. The summed E-state index contributed by atoms with van der Waals surface area (Å²) in [6.07, 6.45) is 2.29. The maximum absolute atomic E-state index is 11.3. The molecule has 4 aromatic rings. The number of oxime groups is 1. The minimum absolute atomic E-state index is 0.0257. The number of primary amides is 1. The molecule has 0 aliphatic carbocycles. The number of hydrogen-bond donors (Lipinski definition) is 3. The van der Waals surface area contributed by atoms with E-state index in [1.54, 1.807) is 18.2 Å². The van der Waals surface area contributed by atoms with E-state index in [2.05, 4.69) is 53.4 Å². The monoisotopic (exact) mass is 623 g/mol. The number of carbonyl (C=O) groups is 1. The van der Waals surface area contributed by atoms with Gasteiger partial charge in [0.25, 0.3) is 5.91 Å². The molecule has 0 bridgehead atoms. The summed E-state index contributed by atoms with van der Waals surface area (Å²) in [5.41, 5.74) is 11.5. The summed E-state index contributed by atoms with van der Waals surface area (Å²) in [7, 11) is 2.01. The van der Waals surface area contributed by atoms with Crippen molar-refractivity contribution in [3.05, 3.63) is 125 Å². The van der Waals surface area contributed by atoms with E-state index in [1.165, 1.54) is 29.5 Å². The van der Waals surface area contributed by atoms with E-state index >= 15 is 0 Å². The Balaban J connectivity index is 1.20. The number of likely N-dealkylation sites (N-methyl/N-ethyl adjacent to an activating group) is 1. The van der Waals surface area contributed by atoms with E-state index in [9.17, 15) is 15.0 Å². The first-order chi connectivity index (χ1) is 22.4. The molecule has 4 N–H and O–H groups in total. The fourth-order valence-corrected chi connectivity index (χ4v) is 4.86. The normalized spacial score (nSPS) is 11.9. The van der Waals surface area contributed by atoms with Gasteiger partial charge in [-0.3, -0.25) is 4.79 Å². The molecular formula is C37H41N3O6. The summed E-state index contributed by atoms with van der Waals surface area (Å²) in [5, 5.41) is 23.4. The van der Waals surface area contributed by atoms with Gasteiger partial charge in [0, 0.05) is 13.1 Å². The van der Waals surface area contributed by atoms with Crippen molar-refractivity contribution in [1.82, 2.24) is 4.90 Å². The summed E-state index contributed by atoms with van der Waals surface area (Å²) >= 11 is 0. The number of hydrogen-bond acceptors (Lipinski definition) is 8. The van der Waals surface area contributed by atoms with Gasteiger partial charge in [-0.25, -0.2) is 0 Å². The van der Waals surface area contributed by atoms with Crippen LogP contribution >= 0.6 is 0 Å². The van der Waals surface area contributed by atoms with Crippen LogP contribution < -0.4 is 10.5 Å². The molecule has 0 saturated carbocycles. The van der Waals surface area contributed by atoms with E-state index in [4.69, 9.17) is 20.0 Å². The van der Waals surface area contributed by atoms with Gasteiger partial charge in [-0.2, -0.15) is 0 Å². The molecule has 0 aromatic heterocycles. The second kappa shape index (κ2) is 17.4. The fraction of sp³-hybridized carbons (Fsp3) is 0.243. The van der Waals surface area contributed by atoms with Crippen molar-refractivity contribution in [1.29, 1.82) is 0 Å². The average Bonchev–Trinajstić information content (AvgIpc) is 3.06. The Labute approximate surface area is 270 Å². The predicted molar refractivity (Wildman–Crippen MR) is 181 cm³/mol. The number of phenols is 2. The Hall–Kier alpha value is -5.12. The first-order valence-corrected chi connectivity index (χ1v) is 15.2. The van der Waals surface area contributed by atoms with Gasteiger partial charge in [0.2, 0.25) is 0 Å². The van der Waals surface area contributed by atoms with Crippen LogP contribution in [-0.4, -0.2) is 73.8 Å². The quantitative estimate of drug-likeness (QED) is 0.0575. The third kappa shape index (κ3) is 9.95. The first-order valence-electron chi connectivity index (χ1n) is 15.2. The minimum Gasteiger partial charge on any atom is -0.508 e. The molecule has 0 radical (unpaired) electrons. The molecule has 240 valence electrons. The lowest BCUT2D eigenvalue weighted by Crippen LogP contribution is -2.28. The summed E-state index contributed by atoms with van der Waals surface area (Å²) in [5.74, 6) is 0.147. The van der Waals surface area contributed by atoms with Crippen LogP contribution in [0, 0.1) is 0 Å². The molecular weight excluding hydrogens is 582 g/mol. The lowest BCUT2D eigenvalue weighted by atomic mass is 9.88. The third-order valence-corrected chi connectivity index (χ3v) is 7.32. The van der Waals surface area contributed by atoms with Crippen LogP contribution in [0.4, 0.5) is 0 Å². The molecule has 0 aliphatic rings. The minimum atomic E-state index is -0.716. The molecule has 0 aliphatic heterocycles. The molecule has 0 spiro atoms. The molecule has 0 heterocycles. The van der Waals surface area contributed by atoms with Crippen LogP contribution in [0.1, 0.15) is 46.0 Å². The molecule has 0 atom stereocenters. The van der Waals surface area contributed by atoms with Crippen LogP contribution in [0.2, 0.25) is 0 Å². The topological polar surface area (TPSA) is 127 Å². The Kier molecular flexibility index (Phi) is 12.8. The van der Waals surface area contributed by atoms with Crippen LogP contribution in [0.15, 0.2) is 102 Å². The zero-order valence-corrected chi connectivity index (χ0v) is 26.3. The highest BCUT2D eigenvalue weighted by Gasteiger charge is 2.14. The SMILES string of the molecule is CCC(=C(c1ccc(O)cc1)c1ccc(OCCN(C)CCOCCON=Cc2ccc(O)c(C(N)=O)c2)cc1)c1ccccc1. The highest BCUT2D eigenvalue weighted by atomic mass is 16.6. The largest absolute Gasteiger partial charge is 0.508 e. The van der Waals surface area contributed by atoms with E-state index in [1.807, 2.05) is 37.4 Å². The molecule has 1 amide bonds. The van der Waals surface area contributed by atoms with Crippen LogP contribution in [0.5, 0.6) is 17.2 Å². The highest BCUT2D eigenvalue weighted by Crippen LogP contribution is 2.35. The number of amides is 1. The van der Waals surface area contributed by atoms with Gasteiger partial charge >= 0.3 is 0 Å².